The van der Waals surface area contributed by atoms with Crippen LogP contribution >= 0.6 is 0 Å². The van der Waals surface area contributed by atoms with Gasteiger partial charge in [0.25, 0.3) is 0 Å². The summed E-state index contributed by atoms with van der Waals surface area (Å²) in [4.78, 5) is 0. The summed E-state index contributed by atoms with van der Waals surface area (Å²) in [6.07, 6.45) is 10.6. The van der Waals surface area contributed by atoms with Gasteiger partial charge in [0.1, 0.15) is 0 Å². The molecule has 0 nitrogen and oxygen atoms in total. The van der Waals surface area contributed by atoms with E-state index in [1.807, 2.05) is 0 Å². The molecule has 0 N–H and O–H groups in total. The van der Waals surface area contributed by atoms with E-state index in [9.17, 15) is 0 Å². The van der Waals surface area contributed by atoms with Crippen molar-refractivity contribution < 1.29 is 0 Å². The molecule has 4 atom stereocenters. The lowest BCUT2D eigenvalue weighted by Gasteiger charge is -2.31. The Morgan fingerprint density at radius 2 is 1.20 bits per heavy atom. The van der Waals surface area contributed by atoms with Crippen LogP contribution in [0, 0.1) is 22.7 Å². The summed E-state index contributed by atoms with van der Waals surface area (Å²) in [5, 5.41) is 0. The maximum Gasteiger partial charge on any atom is -0.0160 e. The van der Waals surface area contributed by atoms with E-state index < -0.39 is 0 Å². The molecule has 0 radical (unpaired) electrons. The van der Waals surface area contributed by atoms with Gasteiger partial charge < -0.3 is 0 Å². The summed E-state index contributed by atoms with van der Waals surface area (Å²) >= 11 is 0. The molecule has 0 aliphatic heterocycles. The minimum atomic E-state index is 0.390. The van der Waals surface area contributed by atoms with E-state index in [1.54, 1.807) is 0 Å². The van der Waals surface area contributed by atoms with Gasteiger partial charge in [-0.15, -0.1) is 0 Å². The molecule has 4 unspecified atom stereocenters. The van der Waals surface area contributed by atoms with Crippen molar-refractivity contribution in [3.05, 3.63) is 35.4 Å². The van der Waals surface area contributed by atoms with E-state index in [0.717, 1.165) is 11.8 Å². The van der Waals surface area contributed by atoms with Crippen LogP contribution in [0.5, 0.6) is 0 Å². The van der Waals surface area contributed by atoms with Gasteiger partial charge >= 0.3 is 0 Å². The fourth-order valence-corrected chi connectivity index (χ4v) is 5.47. The Bertz CT molecular complexity index is 566. The van der Waals surface area contributed by atoms with Crippen LogP contribution in [-0.2, 0) is 0 Å². The van der Waals surface area contributed by atoms with Gasteiger partial charge in [0.2, 0.25) is 0 Å². The van der Waals surface area contributed by atoms with Crippen molar-refractivity contribution in [2.45, 2.75) is 132 Å². The highest BCUT2D eigenvalue weighted by Crippen LogP contribution is 2.38. The second-order valence-corrected chi connectivity index (χ2v) is 12.6. The molecule has 1 rings (SSSR count). The molecule has 0 heteroatoms. The number of hydrogen-bond donors (Lipinski definition) is 0. The molecular formula is C30H54. The first kappa shape index (κ1) is 27.3. The Balaban J connectivity index is 2.88. The molecule has 0 fully saturated rings. The van der Waals surface area contributed by atoms with E-state index in [4.69, 9.17) is 0 Å². The molecule has 0 bridgehead atoms. The van der Waals surface area contributed by atoms with Gasteiger partial charge in [0.05, 0.1) is 0 Å². The van der Waals surface area contributed by atoms with E-state index in [2.05, 4.69) is 93.5 Å². The minimum Gasteiger partial charge on any atom is -0.0654 e. The highest BCUT2D eigenvalue weighted by atomic mass is 14.3. The second kappa shape index (κ2) is 12.3. The number of rotatable bonds is 12. The molecule has 0 aliphatic carbocycles. The van der Waals surface area contributed by atoms with Gasteiger partial charge in [0, 0.05) is 0 Å². The van der Waals surface area contributed by atoms with Crippen molar-refractivity contribution in [2.75, 3.05) is 0 Å². The summed E-state index contributed by atoms with van der Waals surface area (Å²) in [7, 11) is 0. The lowest BCUT2D eigenvalue weighted by atomic mass is 9.75. The summed E-state index contributed by atoms with van der Waals surface area (Å²) in [6, 6.07) is 9.72. The van der Waals surface area contributed by atoms with Crippen LogP contribution in [-0.4, -0.2) is 0 Å². The van der Waals surface area contributed by atoms with Crippen LogP contribution in [0.2, 0.25) is 0 Å². The van der Waals surface area contributed by atoms with E-state index in [-0.39, 0.29) is 0 Å². The van der Waals surface area contributed by atoms with Gasteiger partial charge in [-0.05, 0) is 77.7 Å². The van der Waals surface area contributed by atoms with Crippen molar-refractivity contribution in [3.63, 3.8) is 0 Å². The first-order valence-electron chi connectivity index (χ1n) is 13.0. The maximum absolute atomic E-state index is 2.46. The zero-order valence-corrected chi connectivity index (χ0v) is 22.3. The van der Waals surface area contributed by atoms with Crippen molar-refractivity contribution in [1.82, 2.24) is 0 Å². The number of hydrogen-bond acceptors (Lipinski definition) is 0. The predicted molar refractivity (Wildman–Crippen MR) is 137 cm³/mol. The van der Waals surface area contributed by atoms with Crippen molar-refractivity contribution in [1.29, 1.82) is 0 Å². The van der Waals surface area contributed by atoms with Crippen LogP contribution in [0.4, 0.5) is 0 Å². The average molecular weight is 415 g/mol. The summed E-state index contributed by atoms with van der Waals surface area (Å²) < 4.78 is 0. The van der Waals surface area contributed by atoms with Crippen molar-refractivity contribution in [3.8, 4) is 0 Å². The summed E-state index contributed by atoms with van der Waals surface area (Å²) in [6.45, 7) is 23.9. The first-order valence-corrected chi connectivity index (χ1v) is 13.0. The third-order valence-electron chi connectivity index (χ3n) is 6.86. The van der Waals surface area contributed by atoms with Crippen LogP contribution < -0.4 is 0 Å². The quantitative estimate of drug-likeness (QED) is 0.319. The van der Waals surface area contributed by atoms with Gasteiger partial charge in [-0.25, -0.2) is 0 Å². The minimum absolute atomic E-state index is 0.390. The van der Waals surface area contributed by atoms with Gasteiger partial charge in [-0.2, -0.15) is 0 Å². The monoisotopic (exact) mass is 414 g/mol. The molecule has 174 valence electrons. The fraction of sp³-hybridized carbons (Fsp3) is 0.800. The molecule has 0 aromatic heterocycles. The SMILES string of the molecule is CCCC(CC)CC(CC(C)c1ccc(C(CC)CC(C)(C)C)cc1)CC(C)(C)C. The zero-order chi connectivity index (χ0) is 22.9. The van der Waals surface area contributed by atoms with Gasteiger partial charge in [0.15, 0.2) is 0 Å². The lowest BCUT2D eigenvalue weighted by Crippen LogP contribution is -2.18. The normalized spacial score (nSPS) is 16.9. The molecule has 0 heterocycles. The lowest BCUT2D eigenvalue weighted by molar-refractivity contribution is 0.226. The molecule has 1 aromatic carbocycles. The van der Waals surface area contributed by atoms with E-state index in [0.29, 0.717) is 22.7 Å². The summed E-state index contributed by atoms with van der Waals surface area (Å²) in [5.41, 5.74) is 3.87. The molecule has 30 heavy (non-hydrogen) atoms. The highest BCUT2D eigenvalue weighted by molar-refractivity contribution is 5.27. The van der Waals surface area contributed by atoms with Crippen molar-refractivity contribution in [2.24, 2.45) is 22.7 Å². The second-order valence-electron chi connectivity index (χ2n) is 12.6. The van der Waals surface area contributed by atoms with Gasteiger partial charge in [-0.1, -0.05) is 113 Å². The van der Waals surface area contributed by atoms with Crippen LogP contribution in [0.1, 0.15) is 144 Å². The Morgan fingerprint density at radius 1 is 0.667 bits per heavy atom. The molecule has 0 amide bonds. The maximum atomic E-state index is 2.46. The van der Waals surface area contributed by atoms with E-state index >= 15 is 0 Å². The largest absolute Gasteiger partial charge is 0.0654 e. The molecule has 0 saturated carbocycles. The average Bonchev–Trinajstić information content (AvgIpc) is 2.63. The van der Waals surface area contributed by atoms with Gasteiger partial charge in [-0.3, -0.25) is 0 Å². The van der Waals surface area contributed by atoms with Crippen molar-refractivity contribution >= 4 is 0 Å². The molecule has 0 saturated heterocycles. The summed E-state index contributed by atoms with van der Waals surface area (Å²) in [5.74, 6) is 3.07. The molecular weight excluding hydrogens is 360 g/mol. The van der Waals surface area contributed by atoms with Crippen LogP contribution in [0.25, 0.3) is 0 Å². The van der Waals surface area contributed by atoms with Crippen LogP contribution in [0.15, 0.2) is 24.3 Å². The topological polar surface area (TPSA) is 0 Å². The fourth-order valence-electron chi connectivity index (χ4n) is 5.47. The molecule has 0 aliphatic rings. The molecule has 0 spiro atoms. The van der Waals surface area contributed by atoms with Crippen LogP contribution in [0.3, 0.4) is 0 Å². The van der Waals surface area contributed by atoms with E-state index in [1.165, 1.54) is 62.5 Å². The zero-order valence-electron chi connectivity index (χ0n) is 22.3. The number of benzene rings is 1. The standard InChI is InChI=1S/C30H54/c1-11-14-24(12-2)20-25(21-29(5,6)7)19-23(4)27-15-17-28(18-16-27)26(13-3)22-30(8,9)10/h15-18,23-26H,11-14,19-22H2,1-10H3. The third kappa shape index (κ3) is 10.5. The smallest absolute Gasteiger partial charge is 0.0160 e. The Labute approximate surface area is 190 Å². The Morgan fingerprint density at radius 3 is 1.63 bits per heavy atom. The Hall–Kier alpha value is -0.780. The molecule has 1 aromatic rings. The Kier molecular flexibility index (Phi) is 11.2. The first-order chi connectivity index (χ1) is 13.9. The highest BCUT2D eigenvalue weighted by Gasteiger charge is 2.24. The third-order valence-corrected chi connectivity index (χ3v) is 6.86. The predicted octanol–water partition coefficient (Wildman–Crippen LogP) is 10.4.